The van der Waals surface area contributed by atoms with Crippen LogP contribution in [0.5, 0.6) is 0 Å². The maximum absolute atomic E-state index is 12.7. The molecule has 130 valence electrons. The number of amides is 2. The Bertz CT molecular complexity index is 587. The van der Waals surface area contributed by atoms with Crippen LogP contribution < -0.4 is 0 Å². The molecule has 1 aromatic heterocycles. The van der Waals surface area contributed by atoms with E-state index in [9.17, 15) is 9.59 Å². The van der Waals surface area contributed by atoms with Gasteiger partial charge in [-0.3, -0.25) is 9.59 Å². The molecule has 0 bridgehead atoms. The van der Waals surface area contributed by atoms with E-state index < -0.39 is 0 Å². The van der Waals surface area contributed by atoms with E-state index in [4.69, 9.17) is 0 Å². The number of carbonyl (C=O) groups excluding carboxylic acids is 2. The van der Waals surface area contributed by atoms with E-state index in [1.54, 1.807) is 11.3 Å². The molecule has 2 aliphatic carbocycles. The highest BCUT2D eigenvalue weighted by Gasteiger charge is 2.46. The number of hydrogen-bond donors (Lipinski definition) is 0. The van der Waals surface area contributed by atoms with E-state index in [1.807, 2.05) is 9.80 Å². The van der Waals surface area contributed by atoms with E-state index in [0.29, 0.717) is 30.8 Å². The third-order valence-electron chi connectivity index (χ3n) is 5.87. The fourth-order valence-corrected chi connectivity index (χ4v) is 5.18. The van der Waals surface area contributed by atoms with Crippen molar-refractivity contribution in [2.45, 2.75) is 44.4 Å². The van der Waals surface area contributed by atoms with Crippen LogP contribution in [0.1, 0.15) is 49.3 Å². The van der Waals surface area contributed by atoms with Gasteiger partial charge in [0.05, 0.1) is 0 Å². The highest BCUT2D eigenvalue weighted by atomic mass is 32.1. The molecule has 1 aliphatic heterocycles. The summed E-state index contributed by atoms with van der Waals surface area (Å²) >= 11 is 1.76. The van der Waals surface area contributed by atoms with Crippen LogP contribution in [0, 0.1) is 11.8 Å². The molecule has 0 radical (unpaired) electrons. The lowest BCUT2D eigenvalue weighted by Crippen LogP contribution is -2.52. The van der Waals surface area contributed by atoms with E-state index in [1.165, 1.54) is 24.1 Å². The number of rotatable bonds is 3. The normalized spacial score (nSPS) is 28.0. The van der Waals surface area contributed by atoms with E-state index >= 15 is 0 Å². The van der Waals surface area contributed by atoms with Gasteiger partial charge in [0.15, 0.2) is 0 Å². The maximum atomic E-state index is 12.7. The third kappa shape index (κ3) is 3.23. The molecule has 4 nitrogen and oxygen atoms in total. The third-order valence-corrected chi connectivity index (χ3v) is 6.88. The molecule has 2 atom stereocenters. The zero-order valence-electron chi connectivity index (χ0n) is 14.2. The van der Waals surface area contributed by atoms with Gasteiger partial charge in [-0.1, -0.05) is 25.3 Å². The molecule has 2 unspecified atom stereocenters. The quantitative estimate of drug-likeness (QED) is 0.844. The van der Waals surface area contributed by atoms with Gasteiger partial charge in [0, 0.05) is 48.8 Å². The van der Waals surface area contributed by atoms with Crippen LogP contribution in [0.4, 0.5) is 0 Å². The van der Waals surface area contributed by atoms with E-state index in [2.05, 4.69) is 17.5 Å². The van der Waals surface area contributed by atoms with Gasteiger partial charge in [-0.25, -0.2) is 0 Å². The summed E-state index contributed by atoms with van der Waals surface area (Å²) in [6.45, 7) is 2.87. The van der Waals surface area contributed by atoms with Crippen LogP contribution in [0.2, 0.25) is 0 Å². The monoisotopic (exact) mass is 346 g/mol. The second-order valence-corrected chi connectivity index (χ2v) is 8.43. The first-order chi connectivity index (χ1) is 11.7. The minimum atomic E-state index is 0.184. The number of thiophene rings is 1. The fraction of sp³-hybridized carbons (Fsp3) is 0.684. The lowest BCUT2D eigenvalue weighted by atomic mass is 9.88. The summed E-state index contributed by atoms with van der Waals surface area (Å²) in [6.07, 6.45) is 6.78. The molecule has 2 saturated carbocycles. The van der Waals surface area contributed by atoms with Gasteiger partial charge in [-0.2, -0.15) is 0 Å². The molecule has 0 aromatic carbocycles. The van der Waals surface area contributed by atoms with Crippen LogP contribution >= 0.6 is 11.3 Å². The van der Waals surface area contributed by atoms with E-state index in [-0.39, 0.29) is 11.8 Å². The largest absolute Gasteiger partial charge is 0.339 e. The second kappa shape index (κ2) is 6.87. The number of nitrogens with zero attached hydrogens (tertiary/aromatic N) is 2. The summed E-state index contributed by atoms with van der Waals surface area (Å²) in [5, 5.41) is 2.09. The van der Waals surface area contributed by atoms with Crippen molar-refractivity contribution >= 4 is 23.2 Å². The lowest BCUT2D eigenvalue weighted by Gasteiger charge is -2.37. The van der Waals surface area contributed by atoms with Crippen molar-refractivity contribution < 1.29 is 9.59 Å². The van der Waals surface area contributed by atoms with Gasteiger partial charge in [-0.05, 0) is 30.7 Å². The van der Waals surface area contributed by atoms with Crippen molar-refractivity contribution in [2.24, 2.45) is 11.8 Å². The Hall–Kier alpha value is -1.36. The van der Waals surface area contributed by atoms with Gasteiger partial charge in [-0.15, -0.1) is 11.3 Å². The van der Waals surface area contributed by atoms with Gasteiger partial charge >= 0.3 is 0 Å². The van der Waals surface area contributed by atoms with Gasteiger partial charge < -0.3 is 9.80 Å². The molecule has 24 heavy (non-hydrogen) atoms. The molecule has 2 heterocycles. The standard InChI is InChI=1S/C19H26N2O2S/c22-18(14-5-2-1-3-6-14)20-8-10-21(11-9-20)19(23)16-13-15(16)17-7-4-12-24-17/h4,7,12,14-16H,1-3,5-6,8-11,13H2. The van der Waals surface area contributed by atoms with Crippen LogP contribution in [-0.2, 0) is 9.59 Å². The Balaban J connectivity index is 1.27. The highest BCUT2D eigenvalue weighted by Crippen LogP contribution is 2.50. The first-order valence-corrected chi connectivity index (χ1v) is 10.2. The summed E-state index contributed by atoms with van der Waals surface area (Å²) in [4.78, 5) is 30.6. The molecule has 1 saturated heterocycles. The minimum absolute atomic E-state index is 0.184. The SMILES string of the molecule is O=C(C1CCCCC1)N1CCN(C(=O)C2CC2c2cccs2)CC1. The average Bonchev–Trinajstić information content (AvgIpc) is 3.26. The molecule has 3 aliphatic rings. The molecule has 3 fully saturated rings. The summed E-state index contributed by atoms with van der Waals surface area (Å²) in [6, 6.07) is 4.21. The van der Waals surface area contributed by atoms with Crippen LogP contribution in [0.3, 0.4) is 0 Å². The first kappa shape index (κ1) is 16.1. The summed E-state index contributed by atoms with van der Waals surface area (Å²) < 4.78 is 0. The van der Waals surface area contributed by atoms with E-state index in [0.717, 1.165) is 32.4 Å². The Morgan fingerprint density at radius 1 is 0.958 bits per heavy atom. The van der Waals surface area contributed by atoms with Crippen molar-refractivity contribution in [3.8, 4) is 0 Å². The fourth-order valence-electron chi connectivity index (χ4n) is 4.27. The molecular formula is C19H26N2O2S. The maximum Gasteiger partial charge on any atom is 0.226 e. The van der Waals surface area contributed by atoms with Crippen molar-refractivity contribution in [3.05, 3.63) is 22.4 Å². The van der Waals surface area contributed by atoms with Crippen molar-refractivity contribution in [3.63, 3.8) is 0 Å². The lowest BCUT2D eigenvalue weighted by molar-refractivity contribution is -0.143. The van der Waals surface area contributed by atoms with Crippen LogP contribution in [-0.4, -0.2) is 47.8 Å². The Labute approximate surface area is 147 Å². The smallest absolute Gasteiger partial charge is 0.226 e. The summed E-state index contributed by atoms with van der Waals surface area (Å²) in [5.41, 5.74) is 0. The Morgan fingerprint density at radius 3 is 2.25 bits per heavy atom. The molecule has 0 N–H and O–H groups in total. The average molecular weight is 346 g/mol. The summed E-state index contributed by atoms with van der Waals surface area (Å²) in [7, 11) is 0. The van der Waals surface area contributed by atoms with Crippen LogP contribution in [0.25, 0.3) is 0 Å². The zero-order valence-corrected chi connectivity index (χ0v) is 15.0. The van der Waals surface area contributed by atoms with Crippen molar-refractivity contribution in [1.29, 1.82) is 0 Å². The molecular weight excluding hydrogens is 320 g/mol. The second-order valence-electron chi connectivity index (χ2n) is 7.45. The number of carbonyl (C=O) groups is 2. The van der Waals surface area contributed by atoms with Crippen molar-refractivity contribution in [1.82, 2.24) is 9.80 Å². The Kier molecular flexibility index (Phi) is 4.61. The minimum Gasteiger partial charge on any atom is -0.339 e. The zero-order chi connectivity index (χ0) is 16.5. The first-order valence-electron chi connectivity index (χ1n) is 9.35. The predicted molar refractivity (Wildman–Crippen MR) is 94.9 cm³/mol. The predicted octanol–water partition coefficient (Wildman–Crippen LogP) is 3.10. The molecule has 5 heteroatoms. The number of hydrogen-bond acceptors (Lipinski definition) is 3. The van der Waals surface area contributed by atoms with Gasteiger partial charge in [0.25, 0.3) is 0 Å². The molecule has 1 aromatic rings. The van der Waals surface area contributed by atoms with Crippen LogP contribution in [0.15, 0.2) is 17.5 Å². The van der Waals surface area contributed by atoms with Gasteiger partial charge in [0.2, 0.25) is 11.8 Å². The topological polar surface area (TPSA) is 40.6 Å². The van der Waals surface area contributed by atoms with Crippen molar-refractivity contribution in [2.75, 3.05) is 26.2 Å². The molecule has 2 amide bonds. The molecule has 0 spiro atoms. The molecule has 4 rings (SSSR count). The summed E-state index contributed by atoms with van der Waals surface area (Å²) in [5.74, 6) is 1.51. The number of piperazine rings is 1. The van der Waals surface area contributed by atoms with Gasteiger partial charge in [0.1, 0.15) is 0 Å². The Morgan fingerprint density at radius 2 is 1.62 bits per heavy atom. The highest BCUT2D eigenvalue weighted by molar-refractivity contribution is 7.10.